The van der Waals surface area contributed by atoms with Crippen LogP contribution in [0.15, 0.2) is 22.5 Å². The molecule has 0 aliphatic heterocycles. The fraction of sp³-hybridized carbons (Fsp3) is 0.714. The Morgan fingerprint density at radius 2 is 1.84 bits per heavy atom. The van der Waals surface area contributed by atoms with Crippen molar-refractivity contribution in [1.29, 1.82) is 0 Å². The lowest BCUT2D eigenvalue weighted by atomic mass is 10.00. The van der Waals surface area contributed by atoms with E-state index >= 15 is 0 Å². The van der Waals surface area contributed by atoms with E-state index in [1.54, 1.807) is 0 Å². The van der Waals surface area contributed by atoms with Gasteiger partial charge in [0.1, 0.15) is 0 Å². The van der Waals surface area contributed by atoms with E-state index in [9.17, 15) is 4.57 Å². The summed E-state index contributed by atoms with van der Waals surface area (Å²) in [4.78, 5) is 0. The smallest absolute Gasteiger partial charge is 0.303 e. The Balaban J connectivity index is 2.91. The first-order valence-corrected chi connectivity index (χ1v) is 8.85. The van der Waals surface area contributed by atoms with E-state index in [-0.39, 0.29) is 12.2 Å². The summed E-state index contributed by atoms with van der Waals surface area (Å²) in [6.45, 7) is 7.33. The third-order valence-electron chi connectivity index (χ3n) is 2.58. The van der Waals surface area contributed by atoms with Crippen molar-refractivity contribution in [3.63, 3.8) is 0 Å². The zero-order valence-corrected chi connectivity index (χ0v) is 13.8. The molecule has 1 rings (SSSR count). The summed E-state index contributed by atoms with van der Waals surface area (Å²) >= 11 is 6.27. The number of allylic oxidation sites excluding steroid dienone is 3. The second-order valence-corrected chi connectivity index (χ2v) is 7.47. The number of halogens is 1. The van der Waals surface area contributed by atoms with E-state index in [0.717, 1.165) is 24.8 Å². The van der Waals surface area contributed by atoms with Crippen molar-refractivity contribution in [2.45, 2.75) is 65.6 Å². The van der Waals surface area contributed by atoms with Crippen molar-refractivity contribution in [3.05, 3.63) is 22.5 Å². The lowest BCUT2D eigenvalue weighted by Crippen LogP contribution is -2.07. The second-order valence-electron chi connectivity index (χ2n) is 5.30. The third-order valence-corrected chi connectivity index (χ3v) is 5.09. The maximum Gasteiger partial charge on any atom is 0.356 e. The van der Waals surface area contributed by atoms with Crippen molar-refractivity contribution < 1.29 is 13.6 Å². The quantitative estimate of drug-likeness (QED) is 0.598. The van der Waals surface area contributed by atoms with E-state index in [1.807, 2.05) is 27.7 Å². The molecule has 0 atom stereocenters. The molecule has 0 aromatic carbocycles. The molecule has 0 bridgehead atoms. The first-order chi connectivity index (χ1) is 8.82. The van der Waals surface area contributed by atoms with Crippen LogP contribution in [0.3, 0.4) is 0 Å². The Kier molecular flexibility index (Phi) is 6.82. The van der Waals surface area contributed by atoms with E-state index in [4.69, 9.17) is 20.6 Å². The highest BCUT2D eigenvalue weighted by Crippen LogP contribution is 2.54. The maximum absolute atomic E-state index is 12.7. The van der Waals surface area contributed by atoms with Gasteiger partial charge in [-0.2, -0.15) is 0 Å². The van der Waals surface area contributed by atoms with Crippen LogP contribution >= 0.6 is 19.2 Å². The number of rotatable bonds is 6. The van der Waals surface area contributed by atoms with Gasteiger partial charge in [-0.15, -0.1) is 0 Å². The summed E-state index contributed by atoms with van der Waals surface area (Å²) < 4.78 is 23.6. The largest absolute Gasteiger partial charge is 0.356 e. The zero-order chi connectivity index (χ0) is 14.5. The highest BCUT2D eigenvalue weighted by molar-refractivity contribution is 7.57. The van der Waals surface area contributed by atoms with Gasteiger partial charge in [-0.25, -0.2) is 0 Å². The summed E-state index contributed by atoms with van der Waals surface area (Å²) in [5, 5.41) is 0.504. The molecule has 0 unspecified atom stereocenters. The average molecular weight is 307 g/mol. The molecule has 19 heavy (non-hydrogen) atoms. The lowest BCUT2D eigenvalue weighted by molar-refractivity contribution is 0.149. The van der Waals surface area contributed by atoms with E-state index in [0.29, 0.717) is 5.03 Å². The first kappa shape index (κ1) is 17.0. The van der Waals surface area contributed by atoms with Crippen LogP contribution in [0.5, 0.6) is 0 Å². The van der Waals surface area contributed by atoms with Crippen molar-refractivity contribution in [2.24, 2.45) is 0 Å². The van der Waals surface area contributed by atoms with Gasteiger partial charge in [0.2, 0.25) is 0 Å². The van der Waals surface area contributed by atoms with Crippen LogP contribution in [0, 0.1) is 0 Å². The predicted octanol–water partition coefficient (Wildman–Crippen LogP) is 5.61. The van der Waals surface area contributed by atoms with Crippen LogP contribution in [-0.4, -0.2) is 12.2 Å². The van der Waals surface area contributed by atoms with Gasteiger partial charge in [-0.05, 0) is 59.0 Å². The zero-order valence-electron chi connectivity index (χ0n) is 12.2. The molecule has 1 aliphatic rings. The Morgan fingerprint density at radius 3 is 2.26 bits per heavy atom. The molecule has 0 spiro atoms. The van der Waals surface area contributed by atoms with Gasteiger partial charge < -0.3 is 9.05 Å². The molecular weight excluding hydrogens is 283 g/mol. The van der Waals surface area contributed by atoms with Gasteiger partial charge in [0, 0.05) is 5.82 Å². The lowest BCUT2D eigenvalue weighted by Gasteiger charge is -2.21. The van der Waals surface area contributed by atoms with E-state index < -0.39 is 7.60 Å². The summed E-state index contributed by atoms with van der Waals surface area (Å²) in [6.07, 6.45) is 6.03. The van der Waals surface area contributed by atoms with Crippen LogP contribution < -0.4 is 0 Å². The van der Waals surface area contributed by atoms with E-state index in [2.05, 4.69) is 6.08 Å². The number of hydrogen-bond donors (Lipinski definition) is 0. The molecule has 0 aromatic heterocycles. The molecule has 0 amide bonds. The second kappa shape index (κ2) is 7.64. The standard InChI is InChI=1S/C14H24ClO3P/c1-11(2)17-19(16,18-12(3)4)10-14(15)13-8-6-5-7-9-13/h8,10-12H,5-7,9H2,1-4H3. The van der Waals surface area contributed by atoms with E-state index in [1.165, 1.54) is 12.2 Å². The SMILES string of the molecule is CC(C)OP(=O)(C=C(Cl)C1=CCCCC1)OC(C)C. The average Bonchev–Trinajstić information content (AvgIpc) is 2.27. The fourth-order valence-electron chi connectivity index (χ4n) is 1.95. The van der Waals surface area contributed by atoms with Gasteiger partial charge in [-0.3, -0.25) is 4.57 Å². The Bertz CT molecular complexity index is 385. The summed E-state index contributed by atoms with van der Waals surface area (Å²) in [6, 6.07) is 0. The molecule has 0 N–H and O–H groups in total. The molecular formula is C14H24ClO3P. The van der Waals surface area contributed by atoms with Crippen LogP contribution in [0.1, 0.15) is 53.4 Å². The maximum atomic E-state index is 12.7. The molecule has 0 radical (unpaired) electrons. The van der Waals surface area contributed by atoms with Crippen molar-refractivity contribution in [3.8, 4) is 0 Å². The van der Waals surface area contributed by atoms with Gasteiger partial charge in [-0.1, -0.05) is 17.7 Å². The normalized spacial score (nSPS) is 18.1. The first-order valence-electron chi connectivity index (χ1n) is 6.86. The summed E-state index contributed by atoms with van der Waals surface area (Å²) in [5.74, 6) is 1.46. The monoisotopic (exact) mass is 306 g/mol. The predicted molar refractivity (Wildman–Crippen MR) is 80.5 cm³/mol. The van der Waals surface area contributed by atoms with Gasteiger partial charge >= 0.3 is 7.60 Å². The van der Waals surface area contributed by atoms with Crippen molar-refractivity contribution in [1.82, 2.24) is 0 Å². The Hall–Kier alpha value is -0.0800. The van der Waals surface area contributed by atoms with Gasteiger partial charge in [0.05, 0.1) is 17.2 Å². The molecule has 0 saturated heterocycles. The fourth-order valence-corrected chi connectivity index (χ4v) is 4.27. The molecule has 1 aliphatic carbocycles. The highest BCUT2D eigenvalue weighted by Gasteiger charge is 2.26. The summed E-state index contributed by atoms with van der Waals surface area (Å²) in [7, 11) is -3.29. The molecule has 3 nitrogen and oxygen atoms in total. The van der Waals surface area contributed by atoms with Gasteiger partial charge in [0.25, 0.3) is 0 Å². The van der Waals surface area contributed by atoms with Gasteiger partial charge in [0.15, 0.2) is 0 Å². The Morgan fingerprint density at radius 1 is 1.26 bits per heavy atom. The molecule has 0 aromatic rings. The minimum Gasteiger partial charge on any atom is -0.303 e. The minimum absolute atomic E-state index is 0.175. The van der Waals surface area contributed by atoms with Crippen LogP contribution in [0.25, 0.3) is 0 Å². The molecule has 5 heteroatoms. The molecule has 0 heterocycles. The third kappa shape index (κ3) is 6.27. The molecule has 0 fully saturated rings. The molecule has 0 saturated carbocycles. The van der Waals surface area contributed by atoms with Crippen LogP contribution in [0.4, 0.5) is 0 Å². The van der Waals surface area contributed by atoms with Crippen LogP contribution in [0.2, 0.25) is 0 Å². The topological polar surface area (TPSA) is 35.5 Å². The minimum atomic E-state index is -3.29. The molecule has 110 valence electrons. The van der Waals surface area contributed by atoms with Crippen LogP contribution in [-0.2, 0) is 13.6 Å². The van der Waals surface area contributed by atoms with Crippen molar-refractivity contribution in [2.75, 3.05) is 0 Å². The summed E-state index contributed by atoms with van der Waals surface area (Å²) in [5.41, 5.74) is 1.05. The highest BCUT2D eigenvalue weighted by atomic mass is 35.5. The van der Waals surface area contributed by atoms with Crippen molar-refractivity contribution >= 4 is 19.2 Å². The Labute approximate surface area is 121 Å². The number of hydrogen-bond acceptors (Lipinski definition) is 3.